The molecule has 2 aliphatic rings. The third kappa shape index (κ3) is 2.21. The summed E-state index contributed by atoms with van der Waals surface area (Å²) in [7, 11) is 1.67. The fraction of sp³-hybridized carbons (Fsp3) is 0.909. The highest BCUT2D eigenvalue weighted by molar-refractivity contribution is 5.82. The van der Waals surface area contributed by atoms with Crippen molar-refractivity contribution in [3.05, 3.63) is 0 Å². The van der Waals surface area contributed by atoms with Gasteiger partial charge in [-0.05, 0) is 19.3 Å². The van der Waals surface area contributed by atoms with Gasteiger partial charge < -0.3 is 20.1 Å². The number of carbonyl (C=O) groups is 1. The molecule has 5 heteroatoms. The number of likely N-dealkylation sites (tertiary alicyclic amines) is 1. The quantitative estimate of drug-likeness (QED) is 0.673. The Labute approximate surface area is 95.8 Å². The third-order valence-corrected chi connectivity index (χ3v) is 3.59. The molecule has 0 aromatic carbocycles. The van der Waals surface area contributed by atoms with Crippen LogP contribution in [0.25, 0.3) is 0 Å². The Bertz CT molecular complexity index is 260. The van der Waals surface area contributed by atoms with Crippen molar-refractivity contribution in [2.24, 2.45) is 0 Å². The lowest BCUT2D eigenvalue weighted by Gasteiger charge is -2.26. The minimum absolute atomic E-state index is 0.0240. The molecule has 3 atom stereocenters. The summed E-state index contributed by atoms with van der Waals surface area (Å²) in [5.41, 5.74) is 0. The molecule has 0 aromatic rings. The molecule has 5 nitrogen and oxygen atoms in total. The Kier molecular flexibility index (Phi) is 3.78. The van der Waals surface area contributed by atoms with Crippen molar-refractivity contribution >= 4 is 5.91 Å². The molecule has 16 heavy (non-hydrogen) atoms. The Morgan fingerprint density at radius 1 is 1.62 bits per heavy atom. The number of hydrogen-bond acceptors (Lipinski definition) is 4. The second-order valence-corrected chi connectivity index (χ2v) is 4.56. The lowest BCUT2D eigenvalue weighted by molar-refractivity contribution is -0.134. The van der Waals surface area contributed by atoms with E-state index in [1.165, 1.54) is 0 Å². The van der Waals surface area contributed by atoms with Gasteiger partial charge in [-0.3, -0.25) is 4.79 Å². The molecule has 92 valence electrons. The second kappa shape index (κ2) is 5.12. The van der Waals surface area contributed by atoms with Crippen LogP contribution >= 0.6 is 0 Å². The van der Waals surface area contributed by atoms with Gasteiger partial charge >= 0.3 is 0 Å². The van der Waals surface area contributed by atoms with Gasteiger partial charge in [-0.2, -0.15) is 0 Å². The van der Waals surface area contributed by atoms with E-state index in [0.717, 1.165) is 32.4 Å². The van der Waals surface area contributed by atoms with E-state index < -0.39 is 0 Å². The summed E-state index contributed by atoms with van der Waals surface area (Å²) in [6.07, 6.45) is 2.80. The van der Waals surface area contributed by atoms with Crippen LogP contribution in [0.15, 0.2) is 0 Å². The van der Waals surface area contributed by atoms with E-state index in [9.17, 15) is 9.90 Å². The third-order valence-electron chi connectivity index (χ3n) is 3.59. The standard InChI is InChI=1S/C11H20N2O3/c1-16-9-5-10(12-6-9)11(15)13-4-2-3-8(13)7-14/h8-10,12,14H,2-7H2,1H3. The molecule has 0 radical (unpaired) electrons. The van der Waals surface area contributed by atoms with Crippen LogP contribution in [0.1, 0.15) is 19.3 Å². The molecular formula is C11H20N2O3. The highest BCUT2D eigenvalue weighted by Crippen LogP contribution is 2.20. The first kappa shape index (κ1) is 11.8. The molecule has 2 rings (SSSR count). The van der Waals surface area contributed by atoms with E-state index in [1.54, 1.807) is 7.11 Å². The molecule has 3 unspecified atom stereocenters. The van der Waals surface area contributed by atoms with Crippen LogP contribution < -0.4 is 5.32 Å². The van der Waals surface area contributed by atoms with E-state index in [4.69, 9.17) is 4.74 Å². The maximum atomic E-state index is 12.2. The molecule has 2 fully saturated rings. The summed E-state index contributed by atoms with van der Waals surface area (Å²) in [5.74, 6) is 0.121. The summed E-state index contributed by atoms with van der Waals surface area (Å²) in [5, 5.41) is 12.4. The van der Waals surface area contributed by atoms with Crippen LogP contribution in [-0.2, 0) is 9.53 Å². The molecule has 0 spiro atoms. The van der Waals surface area contributed by atoms with Gasteiger partial charge in [0.25, 0.3) is 0 Å². The molecule has 2 N–H and O–H groups in total. The Morgan fingerprint density at radius 3 is 3.06 bits per heavy atom. The van der Waals surface area contributed by atoms with Crippen LogP contribution in [-0.4, -0.2) is 60.9 Å². The lowest BCUT2D eigenvalue weighted by Crippen LogP contribution is -2.46. The summed E-state index contributed by atoms with van der Waals surface area (Å²) < 4.78 is 5.22. The molecule has 0 aromatic heterocycles. The number of ether oxygens (including phenoxy) is 1. The first-order valence-electron chi connectivity index (χ1n) is 5.93. The highest BCUT2D eigenvalue weighted by Gasteiger charge is 2.36. The lowest BCUT2D eigenvalue weighted by atomic mass is 10.1. The molecule has 2 saturated heterocycles. The van der Waals surface area contributed by atoms with Gasteiger partial charge in [0.1, 0.15) is 0 Å². The summed E-state index contributed by atoms with van der Waals surface area (Å²) >= 11 is 0. The van der Waals surface area contributed by atoms with E-state index in [2.05, 4.69) is 5.32 Å². The zero-order valence-electron chi connectivity index (χ0n) is 9.69. The van der Waals surface area contributed by atoms with E-state index in [0.29, 0.717) is 0 Å². The maximum absolute atomic E-state index is 12.2. The van der Waals surface area contributed by atoms with Crippen molar-refractivity contribution in [1.82, 2.24) is 10.2 Å². The van der Waals surface area contributed by atoms with Crippen LogP contribution in [0.5, 0.6) is 0 Å². The molecule has 1 amide bonds. The highest BCUT2D eigenvalue weighted by atomic mass is 16.5. The molecular weight excluding hydrogens is 208 g/mol. The van der Waals surface area contributed by atoms with Crippen LogP contribution in [0.2, 0.25) is 0 Å². The number of nitrogens with one attached hydrogen (secondary N) is 1. The number of amides is 1. The van der Waals surface area contributed by atoms with Crippen molar-refractivity contribution in [1.29, 1.82) is 0 Å². The fourth-order valence-corrected chi connectivity index (χ4v) is 2.59. The smallest absolute Gasteiger partial charge is 0.240 e. The average Bonchev–Trinajstić information content (AvgIpc) is 2.96. The van der Waals surface area contributed by atoms with Crippen LogP contribution in [0, 0.1) is 0 Å². The molecule has 0 aliphatic carbocycles. The van der Waals surface area contributed by atoms with Crippen LogP contribution in [0.4, 0.5) is 0 Å². The number of rotatable bonds is 3. The zero-order valence-corrected chi connectivity index (χ0v) is 9.69. The normalized spacial score (nSPS) is 34.6. The first-order chi connectivity index (χ1) is 7.76. The zero-order chi connectivity index (χ0) is 11.5. The Hall–Kier alpha value is -0.650. The average molecular weight is 228 g/mol. The number of hydrogen-bond donors (Lipinski definition) is 2. The van der Waals surface area contributed by atoms with E-state index in [-0.39, 0.29) is 30.7 Å². The summed E-state index contributed by atoms with van der Waals surface area (Å²) in [6, 6.07) is -0.104. The fourth-order valence-electron chi connectivity index (χ4n) is 2.59. The Morgan fingerprint density at radius 2 is 2.44 bits per heavy atom. The van der Waals surface area contributed by atoms with Gasteiger partial charge in [-0.25, -0.2) is 0 Å². The molecule has 2 heterocycles. The predicted octanol–water partition coefficient (Wildman–Crippen LogP) is -0.653. The second-order valence-electron chi connectivity index (χ2n) is 4.56. The van der Waals surface area contributed by atoms with Crippen molar-refractivity contribution < 1.29 is 14.6 Å². The molecule has 0 bridgehead atoms. The molecule has 0 saturated carbocycles. The van der Waals surface area contributed by atoms with Crippen molar-refractivity contribution in [2.75, 3.05) is 26.8 Å². The number of carbonyl (C=O) groups excluding carboxylic acids is 1. The van der Waals surface area contributed by atoms with Gasteiger partial charge in [0.2, 0.25) is 5.91 Å². The number of aliphatic hydroxyl groups is 1. The van der Waals surface area contributed by atoms with Crippen molar-refractivity contribution in [2.45, 2.75) is 37.5 Å². The van der Waals surface area contributed by atoms with E-state index >= 15 is 0 Å². The van der Waals surface area contributed by atoms with Crippen molar-refractivity contribution in [3.8, 4) is 0 Å². The largest absolute Gasteiger partial charge is 0.394 e. The summed E-state index contributed by atoms with van der Waals surface area (Å²) in [4.78, 5) is 14.0. The minimum atomic E-state index is -0.128. The predicted molar refractivity (Wildman–Crippen MR) is 59.0 cm³/mol. The summed E-state index contributed by atoms with van der Waals surface area (Å²) in [6.45, 7) is 1.59. The van der Waals surface area contributed by atoms with Gasteiger partial charge in [0.05, 0.1) is 24.8 Å². The topological polar surface area (TPSA) is 61.8 Å². The number of methoxy groups -OCH3 is 1. The monoisotopic (exact) mass is 228 g/mol. The minimum Gasteiger partial charge on any atom is -0.394 e. The first-order valence-corrected chi connectivity index (χ1v) is 5.93. The van der Waals surface area contributed by atoms with Gasteiger partial charge in [-0.15, -0.1) is 0 Å². The maximum Gasteiger partial charge on any atom is 0.240 e. The van der Waals surface area contributed by atoms with Crippen LogP contribution in [0.3, 0.4) is 0 Å². The number of nitrogens with zero attached hydrogens (tertiary/aromatic N) is 1. The number of aliphatic hydroxyl groups excluding tert-OH is 1. The van der Waals surface area contributed by atoms with Crippen molar-refractivity contribution in [3.63, 3.8) is 0 Å². The SMILES string of the molecule is COC1CNC(C(=O)N2CCCC2CO)C1. The Balaban J connectivity index is 1.92. The van der Waals surface area contributed by atoms with Gasteiger partial charge in [0, 0.05) is 20.2 Å². The van der Waals surface area contributed by atoms with Gasteiger partial charge in [0.15, 0.2) is 0 Å². The van der Waals surface area contributed by atoms with E-state index in [1.807, 2.05) is 4.90 Å². The van der Waals surface area contributed by atoms with Gasteiger partial charge in [-0.1, -0.05) is 0 Å². The molecule has 2 aliphatic heterocycles.